The van der Waals surface area contributed by atoms with Gasteiger partial charge in [0.05, 0.1) is 22.7 Å². The summed E-state index contributed by atoms with van der Waals surface area (Å²) in [5, 5.41) is 0. The van der Waals surface area contributed by atoms with Crippen molar-refractivity contribution in [1.29, 1.82) is 0 Å². The first-order chi connectivity index (χ1) is 17.7. The Labute approximate surface area is 222 Å². The van der Waals surface area contributed by atoms with Crippen LogP contribution in [0.5, 0.6) is 0 Å². The summed E-state index contributed by atoms with van der Waals surface area (Å²) in [5.74, 6) is 0. The second-order valence-electron chi connectivity index (χ2n) is 8.18. The summed E-state index contributed by atoms with van der Waals surface area (Å²) in [4.78, 5) is 0. The van der Waals surface area contributed by atoms with Gasteiger partial charge in [-0.15, -0.1) is 0 Å². The number of aromatic nitrogens is 4. The quantitative estimate of drug-likeness (QED) is 0.197. The Kier molecular flexibility index (Phi) is 6.26. The fourth-order valence-corrected chi connectivity index (χ4v) is 10.6. The fourth-order valence-electron chi connectivity index (χ4n) is 4.31. The van der Waals surface area contributed by atoms with Gasteiger partial charge in [0.15, 0.2) is 9.54 Å². The molecule has 0 aliphatic carbocycles. The Morgan fingerprint density at radius 2 is 0.667 bits per heavy atom. The lowest BCUT2D eigenvalue weighted by molar-refractivity contribution is 0.902. The minimum absolute atomic E-state index is 0.806. The molecular formula is C27H23N5P2S2. The molecule has 0 saturated heterocycles. The van der Waals surface area contributed by atoms with Crippen LogP contribution in [-0.4, -0.2) is 24.4 Å². The van der Waals surface area contributed by atoms with Gasteiger partial charge in [-0.2, -0.15) is 4.44 Å². The van der Waals surface area contributed by atoms with Crippen molar-refractivity contribution in [2.75, 3.05) is 11.5 Å². The number of para-hydroxylation sites is 4. The molecule has 0 radical (unpaired) electrons. The van der Waals surface area contributed by atoms with Gasteiger partial charge in [0.25, 0.3) is 0 Å². The van der Waals surface area contributed by atoms with Gasteiger partial charge in [0.2, 0.25) is 0 Å². The molecule has 6 aromatic rings. The van der Waals surface area contributed by atoms with Gasteiger partial charge in [0, 0.05) is 7.05 Å². The summed E-state index contributed by atoms with van der Waals surface area (Å²) in [7, 11) is 0.233. The molecule has 5 nitrogen and oxygen atoms in total. The Hall–Kier alpha value is -3.18. The van der Waals surface area contributed by atoms with Crippen LogP contribution in [0.25, 0.3) is 22.7 Å². The van der Waals surface area contributed by atoms with E-state index >= 15 is 0 Å². The zero-order chi connectivity index (χ0) is 24.6. The largest absolute Gasteiger partial charge is 0.249 e. The third-order valence-corrected chi connectivity index (χ3v) is 12.3. The van der Waals surface area contributed by atoms with Crippen molar-refractivity contribution in [1.82, 2.24) is 17.3 Å². The molecule has 0 unspecified atom stereocenters. The summed E-state index contributed by atoms with van der Waals surface area (Å²) in [6, 6.07) is 41.7. The van der Waals surface area contributed by atoms with Gasteiger partial charge < -0.3 is 0 Å². The van der Waals surface area contributed by atoms with Crippen molar-refractivity contribution in [2.45, 2.75) is 0 Å². The maximum atomic E-state index is 5.99. The van der Waals surface area contributed by atoms with E-state index in [2.05, 4.69) is 126 Å². The molecule has 0 atom stereocenters. The zero-order valence-electron chi connectivity index (χ0n) is 19.5. The first-order valence-electron chi connectivity index (χ1n) is 11.5. The molecule has 9 heteroatoms. The summed E-state index contributed by atoms with van der Waals surface area (Å²) >= 11 is 12.0. The number of hydrogen-bond donors (Lipinski definition) is 0. The van der Waals surface area contributed by atoms with E-state index in [0.717, 1.165) is 32.3 Å². The van der Waals surface area contributed by atoms with E-state index in [-0.39, 0.29) is 0 Å². The van der Waals surface area contributed by atoms with Crippen LogP contribution in [0, 0.1) is 9.54 Å². The highest BCUT2D eigenvalue weighted by atomic mass is 32.1. The van der Waals surface area contributed by atoms with Crippen molar-refractivity contribution >= 4 is 40.4 Å². The predicted octanol–water partition coefficient (Wildman–Crippen LogP) is 8.31. The first-order valence-corrected chi connectivity index (χ1v) is 14.7. The minimum Gasteiger partial charge on any atom is -0.249 e. The van der Waals surface area contributed by atoms with Crippen LogP contribution in [0.4, 0.5) is 0 Å². The molecule has 36 heavy (non-hydrogen) atoms. The van der Waals surface area contributed by atoms with Crippen LogP contribution in [0.15, 0.2) is 121 Å². The molecular weight excluding hydrogens is 520 g/mol. The predicted molar refractivity (Wildman–Crippen MR) is 157 cm³/mol. The van der Waals surface area contributed by atoms with E-state index in [4.69, 9.17) is 24.4 Å². The van der Waals surface area contributed by atoms with E-state index < -0.39 is 16.0 Å². The Bertz CT molecular complexity index is 1480. The van der Waals surface area contributed by atoms with E-state index in [9.17, 15) is 0 Å². The molecule has 0 aliphatic rings. The van der Waals surface area contributed by atoms with E-state index in [1.807, 2.05) is 24.3 Å². The number of nitrogens with zero attached hydrogens (tertiary/aromatic N) is 5. The molecule has 0 spiro atoms. The number of hydrogen-bond acceptors (Lipinski definition) is 3. The smallest absolute Gasteiger partial charge is 0.199 e. The van der Waals surface area contributed by atoms with E-state index in [0.29, 0.717) is 0 Å². The molecule has 2 aromatic heterocycles. The van der Waals surface area contributed by atoms with Crippen molar-refractivity contribution in [3.05, 3.63) is 131 Å². The molecule has 0 N–H and O–H groups in total. The van der Waals surface area contributed by atoms with Gasteiger partial charge in [-0.25, -0.2) is 17.3 Å². The lowest BCUT2D eigenvalue weighted by Crippen LogP contribution is -2.27. The SMILES string of the molecule is CN(p1n(-c2ccccc2)c(=S)n1-c1ccccc1)p1n(-c2ccccc2)c(=S)n1-c1ccccc1. The van der Waals surface area contributed by atoms with Gasteiger partial charge in [-0.1, -0.05) is 72.8 Å². The highest BCUT2D eigenvalue weighted by Crippen LogP contribution is 2.51. The van der Waals surface area contributed by atoms with Crippen molar-refractivity contribution in [3.63, 3.8) is 0 Å². The monoisotopic (exact) mass is 543 g/mol. The normalized spacial score (nSPS) is 11.4. The van der Waals surface area contributed by atoms with Crippen LogP contribution in [0.2, 0.25) is 0 Å². The number of rotatable bonds is 6. The molecule has 4 aromatic carbocycles. The zero-order valence-corrected chi connectivity index (χ0v) is 22.9. The molecule has 2 heterocycles. The third-order valence-electron chi connectivity index (χ3n) is 5.96. The lowest BCUT2D eigenvalue weighted by atomic mass is 10.3. The molecule has 0 bridgehead atoms. The topological polar surface area (TPSA) is 23.0 Å². The Balaban J connectivity index is 1.61. The highest BCUT2D eigenvalue weighted by molar-refractivity contribution is 7.73. The van der Waals surface area contributed by atoms with Gasteiger partial charge in [-0.3, -0.25) is 0 Å². The maximum absolute atomic E-state index is 5.99. The first kappa shape index (κ1) is 23.2. The average molecular weight is 544 g/mol. The van der Waals surface area contributed by atoms with Crippen molar-refractivity contribution < 1.29 is 0 Å². The molecule has 0 fully saturated rings. The minimum atomic E-state index is -0.980. The Morgan fingerprint density at radius 1 is 0.444 bits per heavy atom. The standard InChI is InChI=1S/C27H23N5P2S2/c1-28(33-29(22-14-6-2-7-15-22)26(35)30(33)23-16-8-3-9-17-23)34-31(24-18-10-4-11-19-24)27(36)32(34)25-20-12-5-13-21-25/h2-21H,1H3. The summed E-state index contributed by atoms with van der Waals surface area (Å²) < 4.78 is 13.2. The molecule has 178 valence electrons. The molecule has 0 amide bonds. The molecule has 0 saturated carbocycles. The molecule has 0 aliphatic heterocycles. The van der Waals surface area contributed by atoms with Gasteiger partial charge in [0.1, 0.15) is 16.0 Å². The van der Waals surface area contributed by atoms with Crippen LogP contribution in [0.1, 0.15) is 0 Å². The van der Waals surface area contributed by atoms with Crippen molar-refractivity contribution in [2.24, 2.45) is 0 Å². The van der Waals surface area contributed by atoms with E-state index in [1.54, 1.807) is 0 Å². The summed E-state index contributed by atoms with van der Waals surface area (Å²) in [5.41, 5.74) is 4.40. The fraction of sp³-hybridized carbons (Fsp3) is 0.0370. The third kappa shape index (κ3) is 3.81. The van der Waals surface area contributed by atoms with Crippen LogP contribution < -0.4 is 4.44 Å². The summed E-state index contributed by atoms with van der Waals surface area (Å²) in [6.45, 7) is 0. The maximum Gasteiger partial charge on any atom is 0.199 e. The highest BCUT2D eigenvalue weighted by Gasteiger charge is 2.30. The average Bonchev–Trinajstić information content (AvgIpc) is 2.92. The number of benzene rings is 4. The van der Waals surface area contributed by atoms with E-state index in [1.165, 1.54) is 0 Å². The van der Waals surface area contributed by atoms with Gasteiger partial charge >= 0.3 is 0 Å². The van der Waals surface area contributed by atoms with Gasteiger partial charge in [-0.05, 0) is 73.0 Å². The van der Waals surface area contributed by atoms with Crippen molar-refractivity contribution in [3.8, 4) is 22.7 Å². The van der Waals surface area contributed by atoms with Crippen LogP contribution in [0.3, 0.4) is 0 Å². The second kappa shape index (κ2) is 9.70. The lowest BCUT2D eigenvalue weighted by Gasteiger charge is -2.36. The second-order valence-corrected chi connectivity index (χ2v) is 13.1. The summed E-state index contributed by atoms with van der Waals surface area (Å²) in [6.07, 6.45) is 0. The van der Waals surface area contributed by atoms with Crippen LogP contribution >= 0.6 is 40.4 Å². The molecule has 6 rings (SSSR count). The Morgan fingerprint density at radius 3 is 0.889 bits per heavy atom. The van der Waals surface area contributed by atoms with Crippen LogP contribution in [-0.2, 0) is 0 Å².